The van der Waals surface area contributed by atoms with E-state index in [1.165, 1.54) is 25.3 Å². The van der Waals surface area contributed by atoms with E-state index in [1.54, 1.807) is 13.2 Å². The highest BCUT2D eigenvalue weighted by Gasteiger charge is 2.20. The second-order valence-corrected chi connectivity index (χ2v) is 6.33. The highest BCUT2D eigenvalue weighted by molar-refractivity contribution is 5.62. The maximum atomic E-state index is 13.4. The highest BCUT2D eigenvalue weighted by Crippen LogP contribution is 2.35. The third-order valence-electron chi connectivity index (χ3n) is 4.60. The van der Waals surface area contributed by atoms with Crippen molar-refractivity contribution >= 4 is 6.08 Å². The Morgan fingerprint density at radius 2 is 2.08 bits per heavy atom. The van der Waals surface area contributed by atoms with E-state index in [4.69, 9.17) is 9.47 Å². The minimum atomic E-state index is -0.773. The third kappa shape index (κ3) is 3.86. The van der Waals surface area contributed by atoms with Crippen LogP contribution in [0.1, 0.15) is 31.2 Å². The molecule has 0 radical (unpaired) electrons. The predicted molar refractivity (Wildman–Crippen MR) is 91.4 cm³/mol. The van der Waals surface area contributed by atoms with Gasteiger partial charge in [0.25, 0.3) is 0 Å². The number of para-hydroxylation sites is 1. The Labute approximate surface area is 141 Å². The minimum absolute atomic E-state index is 0.0566. The number of halogens is 2. The summed E-state index contributed by atoms with van der Waals surface area (Å²) in [7, 11) is 1.62. The standard InChI is InChI=1S/C20H22F2O2/c1-23-19-7-3-6-16(20(19)24-13-15-4-2-5-15)10-8-14-9-11-17(21)18(22)12-14/h3,6-11,14-15H,2,4-5,12-13H2,1H3/b10-8+. The number of rotatable bonds is 6. The lowest BCUT2D eigenvalue weighted by atomic mass is 9.86. The Hall–Kier alpha value is -2.10. The van der Waals surface area contributed by atoms with Crippen LogP contribution in [-0.2, 0) is 0 Å². The van der Waals surface area contributed by atoms with E-state index < -0.39 is 11.7 Å². The summed E-state index contributed by atoms with van der Waals surface area (Å²) in [5, 5.41) is 0. The normalized spacial score (nSPS) is 21.2. The van der Waals surface area contributed by atoms with Gasteiger partial charge in [0.15, 0.2) is 17.3 Å². The lowest BCUT2D eigenvalue weighted by Gasteiger charge is -2.26. The van der Waals surface area contributed by atoms with Crippen molar-refractivity contribution in [1.29, 1.82) is 0 Å². The van der Waals surface area contributed by atoms with E-state index >= 15 is 0 Å². The Balaban J connectivity index is 1.74. The highest BCUT2D eigenvalue weighted by atomic mass is 19.2. The molecule has 0 aromatic heterocycles. The molecule has 4 heteroatoms. The molecule has 1 unspecified atom stereocenters. The molecule has 0 N–H and O–H groups in total. The summed E-state index contributed by atoms with van der Waals surface area (Å²) in [6, 6.07) is 5.70. The van der Waals surface area contributed by atoms with Gasteiger partial charge in [-0.25, -0.2) is 8.78 Å². The molecule has 0 bridgehead atoms. The van der Waals surface area contributed by atoms with Crippen molar-refractivity contribution < 1.29 is 18.3 Å². The second kappa shape index (κ2) is 7.65. The van der Waals surface area contributed by atoms with Gasteiger partial charge in [-0.1, -0.05) is 36.8 Å². The first-order chi connectivity index (χ1) is 11.7. The zero-order valence-electron chi connectivity index (χ0n) is 13.8. The Bertz CT molecular complexity index is 672. The van der Waals surface area contributed by atoms with Crippen LogP contribution < -0.4 is 9.47 Å². The lowest BCUT2D eigenvalue weighted by molar-refractivity contribution is 0.175. The fourth-order valence-corrected chi connectivity index (χ4v) is 2.87. The number of allylic oxidation sites excluding steroid dienone is 5. The maximum absolute atomic E-state index is 13.4. The molecule has 3 rings (SSSR count). The molecule has 0 heterocycles. The van der Waals surface area contributed by atoms with E-state index in [0.717, 1.165) is 5.56 Å². The average molecular weight is 332 g/mol. The van der Waals surface area contributed by atoms with Crippen molar-refractivity contribution in [2.24, 2.45) is 11.8 Å². The van der Waals surface area contributed by atoms with Crippen LogP contribution in [-0.4, -0.2) is 13.7 Å². The van der Waals surface area contributed by atoms with Crippen LogP contribution in [0.4, 0.5) is 8.78 Å². The molecule has 0 saturated heterocycles. The molecule has 24 heavy (non-hydrogen) atoms. The van der Waals surface area contributed by atoms with Crippen molar-refractivity contribution in [2.75, 3.05) is 13.7 Å². The Morgan fingerprint density at radius 3 is 2.75 bits per heavy atom. The summed E-state index contributed by atoms with van der Waals surface area (Å²) in [5.74, 6) is 0.396. The Morgan fingerprint density at radius 1 is 1.25 bits per heavy atom. The molecule has 128 valence electrons. The van der Waals surface area contributed by atoms with Crippen molar-refractivity contribution in [1.82, 2.24) is 0 Å². The molecule has 2 aliphatic rings. The summed E-state index contributed by atoms with van der Waals surface area (Å²) in [4.78, 5) is 0. The van der Waals surface area contributed by atoms with Crippen LogP contribution in [0.15, 0.2) is 48.1 Å². The van der Waals surface area contributed by atoms with Gasteiger partial charge in [-0.05, 0) is 30.9 Å². The summed E-state index contributed by atoms with van der Waals surface area (Å²) in [5.41, 5.74) is 0.887. The van der Waals surface area contributed by atoms with Gasteiger partial charge in [0.2, 0.25) is 0 Å². The molecule has 2 aliphatic carbocycles. The first kappa shape index (κ1) is 16.7. The topological polar surface area (TPSA) is 18.5 Å². The zero-order valence-corrected chi connectivity index (χ0v) is 13.8. The van der Waals surface area contributed by atoms with E-state index in [-0.39, 0.29) is 12.3 Å². The molecule has 0 spiro atoms. The van der Waals surface area contributed by atoms with Crippen LogP contribution in [0.3, 0.4) is 0 Å². The number of hydrogen-bond donors (Lipinski definition) is 0. The number of hydrogen-bond acceptors (Lipinski definition) is 2. The first-order valence-corrected chi connectivity index (χ1v) is 8.37. The molecule has 2 nitrogen and oxygen atoms in total. The first-order valence-electron chi connectivity index (χ1n) is 8.37. The monoisotopic (exact) mass is 332 g/mol. The van der Waals surface area contributed by atoms with Crippen LogP contribution >= 0.6 is 0 Å². The van der Waals surface area contributed by atoms with Gasteiger partial charge in [-0.3, -0.25) is 0 Å². The van der Waals surface area contributed by atoms with Gasteiger partial charge in [0.1, 0.15) is 5.83 Å². The SMILES string of the molecule is COc1cccc(/C=C/C2C=CC(F)=C(F)C2)c1OCC1CCC1. The summed E-state index contributed by atoms with van der Waals surface area (Å²) in [6.07, 6.45) is 10.4. The third-order valence-corrected chi connectivity index (χ3v) is 4.60. The number of methoxy groups -OCH3 is 1. The molecule has 0 amide bonds. The van der Waals surface area contributed by atoms with Crippen molar-refractivity contribution in [2.45, 2.75) is 25.7 Å². The molecule has 0 aliphatic heterocycles. The maximum Gasteiger partial charge on any atom is 0.168 e. The zero-order chi connectivity index (χ0) is 16.9. The smallest absolute Gasteiger partial charge is 0.168 e. The number of ether oxygens (including phenoxy) is 2. The summed E-state index contributed by atoms with van der Waals surface area (Å²) in [6.45, 7) is 0.688. The minimum Gasteiger partial charge on any atom is -0.493 e. The molecule has 1 fully saturated rings. The molecule has 1 atom stereocenters. The van der Waals surface area contributed by atoms with Crippen LogP contribution in [0, 0.1) is 11.8 Å². The fraction of sp³-hybridized carbons (Fsp3) is 0.400. The quantitative estimate of drug-likeness (QED) is 0.674. The van der Waals surface area contributed by atoms with Gasteiger partial charge >= 0.3 is 0 Å². The summed E-state index contributed by atoms with van der Waals surface area (Å²) < 4.78 is 37.8. The van der Waals surface area contributed by atoms with Crippen LogP contribution in [0.5, 0.6) is 11.5 Å². The molecular weight excluding hydrogens is 310 g/mol. The average Bonchev–Trinajstić information content (AvgIpc) is 2.55. The van der Waals surface area contributed by atoms with Gasteiger partial charge in [-0.15, -0.1) is 0 Å². The molecular formula is C20H22F2O2. The van der Waals surface area contributed by atoms with Crippen molar-refractivity contribution in [3.63, 3.8) is 0 Å². The van der Waals surface area contributed by atoms with Gasteiger partial charge in [0.05, 0.1) is 13.7 Å². The van der Waals surface area contributed by atoms with E-state index in [1.807, 2.05) is 30.4 Å². The fourth-order valence-electron chi connectivity index (χ4n) is 2.87. The van der Waals surface area contributed by atoms with E-state index in [2.05, 4.69) is 0 Å². The van der Waals surface area contributed by atoms with Crippen LogP contribution in [0.25, 0.3) is 6.08 Å². The molecule has 1 saturated carbocycles. The second-order valence-electron chi connectivity index (χ2n) is 6.33. The van der Waals surface area contributed by atoms with E-state index in [0.29, 0.717) is 24.0 Å². The molecule has 1 aromatic carbocycles. The van der Waals surface area contributed by atoms with Gasteiger partial charge in [-0.2, -0.15) is 0 Å². The largest absolute Gasteiger partial charge is 0.493 e. The molecule has 1 aromatic rings. The predicted octanol–water partition coefficient (Wildman–Crippen LogP) is 5.61. The van der Waals surface area contributed by atoms with Crippen LogP contribution in [0.2, 0.25) is 0 Å². The van der Waals surface area contributed by atoms with Crippen molar-refractivity contribution in [3.05, 3.63) is 53.6 Å². The Kier molecular flexibility index (Phi) is 5.34. The van der Waals surface area contributed by atoms with Crippen molar-refractivity contribution in [3.8, 4) is 11.5 Å². The number of benzene rings is 1. The van der Waals surface area contributed by atoms with Gasteiger partial charge < -0.3 is 9.47 Å². The summed E-state index contributed by atoms with van der Waals surface area (Å²) >= 11 is 0. The lowest BCUT2D eigenvalue weighted by Crippen LogP contribution is -2.19. The van der Waals surface area contributed by atoms with Gasteiger partial charge in [0, 0.05) is 17.9 Å². The van der Waals surface area contributed by atoms with E-state index in [9.17, 15) is 8.78 Å².